The summed E-state index contributed by atoms with van der Waals surface area (Å²) in [7, 11) is 0. The van der Waals surface area contributed by atoms with Crippen LogP contribution in [0.4, 0.5) is 5.69 Å². The molecule has 0 aliphatic carbocycles. The van der Waals surface area contributed by atoms with Gasteiger partial charge in [-0.2, -0.15) is 0 Å². The van der Waals surface area contributed by atoms with Crippen molar-refractivity contribution in [3.8, 4) is 0 Å². The Labute approximate surface area is 267 Å². The number of aliphatic hydroxyl groups is 1. The molecule has 45 heavy (non-hydrogen) atoms. The van der Waals surface area contributed by atoms with E-state index in [4.69, 9.17) is 4.74 Å². The van der Waals surface area contributed by atoms with Crippen molar-refractivity contribution in [3.05, 3.63) is 91.5 Å². The number of fused-ring (bicyclic) bond motifs is 1. The summed E-state index contributed by atoms with van der Waals surface area (Å²) in [6.45, 7) is 14.1. The fraction of sp³-hybridized carbons (Fsp3) is 0.486. The lowest BCUT2D eigenvalue weighted by Gasteiger charge is -2.41. The first kappa shape index (κ1) is 32.6. The Kier molecular flexibility index (Phi) is 9.65. The number of carbonyl (C=O) groups excluding carboxylic acids is 3. The number of hydrogen-bond donors (Lipinski definition) is 1. The van der Waals surface area contributed by atoms with E-state index in [1.165, 1.54) is 0 Å². The number of amides is 3. The zero-order valence-corrected chi connectivity index (χ0v) is 26.8. The van der Waals surface area contributed by atoms with Gasteiger partial charge in [0, 0.05) is 24.8 Å². The van der Waals surface area contributed by atoms with Crippen LogP contribution in [0.2, 0.25) is 0 Å². The molecule has 5 rings (SSSR count). The number of nitrogens with zero attached hydrogens (tertiary/aromatic N) is 3. The van der Waals surface area contributed by atoms with E-state index in [9.17, 15) is 19.5 Å². The summed E-state index contributed by atoms with van der Waals surface area (Å²) >= 11 is 0. The number of likely N-dealkylation sites (tertiary alicyclic amines) is 1. The molecule has 2 aromatic carbocycles. The minimum atomic E-state index is -1.21. The number of para-hydroxylation sites is 1. The molecule has 2 bridgehead atoms. The predicted molar refractivity (Wildman–Crippen MR) is 175 cm³/mol. The molecule has 0 aromatic heterocycles. The lowest BCUT2D eigenvalue weighted by atomic mass is 9.64. The van der Waals surface area contributed by atoms with Crippen LogP contribution in [-0.2, 0) is 19.1 Å². The smallest absolute Gasteiger partial charge is 0.248 e. The fourth-order valence-corrected chi connectivity index (χ4v) is 8.26. The van der Waals surface area contributed by atoms with Crippen LogP contribution < -0.4 is 4.90 Å². The Balaban J connectivity index is 1.67. The van der Waals surface area contributed by atoms with Crippen molar-refractivity contribution in [2.24, 2.45) is 11.8 Å². The van der Waals surface area contributed by atoms with E-state index in [-0.39, 0.29) is 36.9 Å². The molecular formula is C37H47N3O5. The highest BCUT2D eigenvalue weighted by Crippen LogP contribution is 2.65. The molecule has 240 valence electrons. The number of hydrogen-bond acceptors (Lipinski definition) is 5. The van der Waals surface area contributed by atoms with Crippen LogP contribution in [0.25, 0.3) is 0 Å². The maximum absolute atomic E-state index is 15.0. The maximum atomic E-state index is 15.0. The van der Waals surface area contributed by atoms with Gasteiger partial charge < -0.3 is 24.5 Å². The van der Waals surface area contributed by atoms with Crippen LogP contribution in [0.3, 0.4) is 0 Å². The number of rotatable bonds is 14. The Bertz CT molecular complexity index is 1400. The standard InChI is InChI=1S/C37H47N3O5/c1-6-16-26(5)38(23-7-2)35(44)32-37-22-21-36(9-4,45-37)30(33(42)39(24-8-3)28-19-14-11-15-20-28)31(37)34(43)40(32)29(25-41)27-17-12-10-13-18-27/h7-8,10-15,17-20,26,29-32,41H,2-3,6,9,16,21-25H2,1,4-5H3/t26?,29-,30-,31+,32?,36+,37?/m1/s1. The average Bonchev–Trinajstić information content (AvgIpc) is 3.67. The number of aliphatic hydroxyl groups excluding tert-OH is 1. The molecule has 1 N–H and O–H groups in total. The molecule has 8 heteroatoms. The predicted octanol–water partition coefficient (Wildman–Crippen LogP) is 5.30. The molecule has 3 aliphatic rings. The summed E-state index contributed by atoms with van der Waals surface area (Å²) in [4.78, 5) is 49.7. The highest BCUT2D eigenvalue weighted by Gasteiger charge is 2.79. The van der Waals surface area contributed by atoms with Crippen LogP contribution >= 0.6 is 0 Å². The quantitative estimate of drug-likeness (QED) is 0.292. The molecule has 3 saturated heterocycles. The fourth-order valence-electron chi connectivity index (χ4n) is 8.26. The van der Waals surface area contributed by atoms with Crippen LogP contribution in [0.15, 0.2) is 86.0 Å². The van der Waals surface area contributed by atoms with Gasteiger partial charge in [-0.1, -0.05) is 81.0 Å². The van der Waals surface area contributed by atoms with Gasteiger partial charge in [-0.3, -0.25) is 14.4 Å². The second-order valence-corrected chi connectivity index (χ2v) is 12.7. The Morgan fingerprint density at radius 3 is 2.24 bits per heavy atom. The summed E-state index contributed by atoms with van der Waals surface area (Å²) in [6, 6.07) is 16.8. The van der Waals surface area contributed by atoms with E-state index < -0.39 is 35.1 Å². The summed E-state index contributed by atoms with van der Waals surface area (Å²) in [5.41, 5.74) is -0.673. The molecule has 3 heterocycles. The first-order valence-corrected chi connectivity index (χ1v) is 16.3. The highest BCUT2D eigenvalue weighted by molar-refractivity contribution is 6.03. The summed E-state index contributed by atoms with van der Waals surface area (Å²) < 4.78 is 7.06. The van der Waals surface area contributed by atoms with E-state index in [1.807, 2.05) is 74.5 Å². The SMILES string of the molecule is C=CCN(C(=O)[C@H]1[C@H]2C(=O)N([C@H](CO)c3ccccc3)C(C(=O)N(CC=C)C(C)CCC)C23CC[C@]1(CC)O3)c1ccccc1. The molecule has 3 fully saturated rings. The van der Waals surface area contributed by atoms with E-state index in [2.05, 4.69) is 20.1 Å². The second-order valence-electron chi connectivity index (χ2n) is 12.7. The molecule has 3 unspecified atom stereocenters. The summed E-state index contributed by atoms with van der Waals surface area (Å²) in [5.74, 6) is -2.45. The Morgan fingerprint density at radius 1 is 1.02 bits per heavy atom. The largest absolute Gasteiger partial charge is 0.394 e. The molecule has 3 aliphatic heterocycles. The number of ether oxygens (including phenoxy) is 1. The lowest BCUT2D eigenvalue weighted by molar-refractivity contribution is -0.157. The van der Waals surface area contributed by atoms with Crippen molar-refractivity contribution >= 4 is 23.4 Å². The monoisotopic (exact) mass is 613 g/mol. The molecule has 1 spiro atoms. The van der Waals surface area contributed by atoms with Crippen LogP contribution in [0.1, 0.15) is 64.5 Å². The first-order valence-electron chi connectivity index (χ1n) is 16.3. The first-order chi connectivity index (χ1) is 21.7. The van der Waals surface area contributed by atoms with Crippen LogP contribution in [-0.4, -0.2) is 75.6 Å². The van der Waals surface area contributed by atoms with Crippen molar-refractivity contribution in [1.82, 2.24) is 9.80 Å². The highest BCUT2D eigenvalue weighted by atomic mass is 16.5. The van der Waals surface area contributed by atoms with Gasteiger partial charge in [0.15, 0.2) is 0 Å². The van der Waals surface area contributed by atoms with Gasteiger partial charge in [-0.05, 0) is 50.3 Å². The minimum absolute atomic E-state index is 0.102. The molecule has 0 saturated carbocycles. The summed E-state index contributed by atoms with van der Waals surface area (Å²) in [5, 5.41) is 10.8. The van der Waals surface area contributed by atoms with E-state index >= 15 is 0 Å². The molecule has 7 atom stereocenters. The minimum Gasteiger partial charge on any atom is -0.394 e. The van der Waals surface area contributed by atoms with Crippen LogP contribution in [0.5, 0.6) is 0 Å². The number of benzene rings is 2. The topological polar surface area (TPSA) is 90.4 Å². The van der Waals surface area contributed by atoms with E-state index in [0.717, 1.165) is 18.4 Å². The lowest BCUT2D eigenvalue weighted by Crippen LogP contribution is -2.58. The number of carbonyl (C=O) groups is 3. The molecule has 3 amide bonds. The molecule has 0 radical (unpaired) electrons. The summed E-state index contributed by atoms with van der Waals surface area (Å²) in [6.07, 6.45) is 6.61. The van der Waals surface area contributed by atoms with Gasteiger partial charge in [0.2, 0.25) is 17.7 Å². The van der Waals surface area contributed by atoms with Gasteiger partial charge in [0.05, 0.1) is 30.1 Å². The van der Waals surface area contributed by atoms with Crippen LogP contribution in [0, 0.1) is 11.8 Å². The maximum Gasteiger partial charge on any atom is 0.248 e. The van der Waals surface area contributed by atoms with E-state index in [0.29, 0.717) is 31.5 Å². The third-order valence-electron chi connectivity index (χ3n) is 10.3. The third kappa shape index (κ3) is 5.32. The molecule has 8 nitrogen and oxygen atoms in total. The Hall–Kier alpha value is -3.75. The van der Waals surface area contributed by atoms with Gasteiger partial charge in [0.1, 0.15) is 11.6 Å². The zero-order chi connectivity index (χ0) is 32.4. The molecule has 2 aromatic rings. The number of anilines is 1. The van der Waals surface area contributed by atoms with Crippen molar-refractivity contribution in [3.63, 3.8) is 0 Å². The van der Waals surface area contributed by atoms with Crippen molar-refractivity contribution < 1.29 is 24.2 Å². The van der Waals surface area contributed by atoms with E-state index in [1.54, 1.807) is 26.9 Å². The van der Waals surface area contributed by atoms with Crippen molar-refractivity contribution in [2.75, 3.05) is 24.6 Å². The van der Waals surface area contributed by atoms with Gasteiger partial charge in [-0.25, -0.2) is 0 Å². The van der Waals surface area contributed by atoms with Gasteiger partial charge >= 0.3 is 0 Å². The van der Waals surface area contributed by atoms with Crippen molar-refractivity contribution in [1.29, 1.82) is 0 Å². The normalized spacial score (nSPS) is 28.0. The van der Waals surface area contributed by atoms with Gasteiger partial charge in [-0.15, -0.1) is 13.2 Å². The third-order valence-corrected chi connectivity index (χ3v) is 10.3. The molecular weight excluding hydrogens is 566 g/mol. The average molecular weight is 614 g/mol. The van der Waals surface area contributed by atoms with Crippen molar-refractivity contribution in [2.45, 2.75) is 82.2 Å². The second kappa shape index (κ2) is 13.3. The Morgan fingerprint density at radius 2 is 1.67 bits per heavy atom. The van der Waals surface area contributed by atoms with Gasteiger partial charge in [0.25, 0.3) is 0 Å². The zero-order valence-electron chi connectivity index (χ0n) is 26.8.